The molecule has 122 valence electrons. The van der Waals surface area contributed by atoms with Crippen LogP contribution in [0, 0.1) is 17.1 Å². The minimum absolute atomic E-state index is 0.116. The highest BCUT2D eigenvalue weighted by Gasteiger charge is 2.40. The maximum Gasteiger partial charge on any atom is 0.222 e. The zero-order chi connectivity index (χ0) is 16.4. The summed E-state index contributed by atoms with van der Waals surface area (Å²) in [6.07, 6.45) is 4.53. The van der Waals surface area contributed by atoms with E-state index in [0.29, 0.717) is 12.1 Å². The van der Waals surface area contributed by atoms with Gasteiger partial charge in [-0.2, -0.15) is 5.26 Å². The van der Waals surface area contributed by atoms with Gasteiger partial charge in [-0.25, -0.2) is 4.39 Å². The Bertz CT molecular complexity index is 640. The van der Waals surface area contributed by atoms with Gasteiger partial charge in [0.1, 0.15) is 17.4 Å². The molecule has 2 heterocycles. The van der Waals surface area contributed by atoms with E-state index in [9.17, 15) is 14.4 Å². The van der Waals surface area contributed by atoms with Crippen molar-refractivity contribution < 1.29 is 9.18 Å². The Morgan fingerprint density at radius 2 is 2.04 bits per heavy atom. The normalized spacial score (nSPS) is 24.0. The Morgan fingerprint density at radius 1 is 1.30 bits per heavy atom. The average Bonchev–Trinajstić information content (AvgIpc) is 3.22. The Hall–Kier alpha value is -2.09. The van der Waals surface area contributed by atoms with Crippen LogP contribution in [0.15, 0.2) is 18.2 Å². The fourth-order valence-corrected chi connectivity index (χ4v) is 4.06. The minimum Gasteiger partial charge on any atom is -0.365 e. The molecule has 2 aliphatic heterocycles. The second-order valence-corrected chi connectivity index (χ2v) is 6.30. The van der Waals surface area contributed by atoms with Gasteiger partial charge in [0.05, 0.1) is 11.7 Å². The van der Waals surface area contributed by atoms with Crippen molar-refractivity contribution in [1.29, 1.82) is 5.26 Å². The summed E-state index contributed by atoms with van der Waals surface area (Å²) in [6, 6.07) is 7.17. The molecule has 2 aliphatic rings. The summed E-state index contributed by atoms with van der Waals surface area (Å²) in [7, 11) is 0. The molecule has 3 rings (SSSR count). The first kappa shape index (κ1) is 15.8. The molecule has 0 bridgehead atoms. The second-order valence-electron chi connectivity index (χ2n) is 6.30. The minimum atomic E-state index is -0.469. The number of hydrogen-bond acceptors (Lipinski definition) is 3. The predicted octanol–water partition coefficient (Wildman–Crippen LogP) is 3.07. The van der Waals surface area contributed by atoms with Crippen LogP contribution in [-0.4, -0.2) is 36.0 Å². The van der Waals surface area contributed by atoms with Crippen molar-refractivity contribution >= 4 is 11.6 Å². The molecule has 5 heteroatoms. The lowest BCUT2D eigenvalue weighted by atomic mass is 10.0. The van der Waals surface area contributed by atoms with Crippen LogP contribution in [0.4, 0.5) is 10.1 Å². The van der Waals surface area contributed by atoms with E-state index in [1.54, 1.807) is 6.07 Å². The van der Waals surface area contributed by atoms with Crippen molar-refractivity contribution in [3.8, 4) is 6.07 Å². The van der Waals surface area contributed by atoms with Crippen molar-refractivity contribution in [1.82, 2.24) is 4.90 Å². The summed E-state index contributed by atoms with van der Waals surface area (Å²) < 4.78 is 14.0. The van der Waals surface area contributed by atoms with Crippen molar-refractivity contribution in [2.75, 3.05) is 18.0 Å². The molecule has 4 nitrogen and oxygen atoms in total. The summed E-state index contributed by atoms with van der Waals surface area (Å²) in [5, 5.41) is 9.31. The van der Waals surface area contributed by atoms with Crippen molar-refractivity contribution in [2.45, 2.75) is 51.1 Å². The number of likely N-dealkylation sites (tertiary alicyclic amines) is 1. The monoisotopic (exact) mass is 315 g/mol. The molecule has 1 aromatic carbocycles. The Labute approximate surface area is 136 Å². The van der Waals surface area contributed by atoms with Crippen LogP contribution in [0.5, 0.6) is 0 Å². The van der Waals surface area contributed by atoms with Crippen LogP contribution in [-0.2, 0) is 4.79 Å². The van der Waals surface area contributed by atoms with E-state index in [0.717, 1.165) is 38.8 Å². The lowest BCUT2D eigenvalue weighted by Gasteiger charge is -2.36. The number of rotatable bonds is 3. The zero-order valence-corrected chi connectivity index (χ0v) is 13.5. The molecule has 0 saturated carbocycles. The first-order valence-electron chi connectivity index (χ1n) is 8.42. The van der Waals surface area contributed by atoms with E-state index >= 15 is 0 Å². The first-order valence-corrected chi connectivity index (χ1v) is 8.42. The quantitative estimate of drug-likeness (QED) is 0.861. The lowest BCUT2D eigenvalue weighted by molar-refractivity contribution is -0.132. The van der Waals surface area contributed by atoms with Gasteiger partial charge < -0.3 is 9.80 Å². The highest BCUT2D eigenvalue weighted by Crippen LogP contribution is 2.35. The third-order valence-corrected chi connectivity index (χ3v) is 5.08. The topological polar surface area (TPSA) is 47.3 Å². The molecule has 2 atom stereocenters. The molecule has 0 spiro atoms. The number of carbonyl (C=O) groups is 1. The first-order chi connectivity index (χ1) is 11.2. The number of benzene rings is 1. The van der Waals surface area contributed by atoms with Gasteiger partial charge >= 0.3 is 0 Å². The van der Waals surface area contributed by atoms with Crippen molar-refractivity contribution in [2.24, 2.45) is 0 Å². The van der Waals surface area contributed by atoms with Crippen LogP contribution in [0.1, 0.15) is 44.6 Å². The predicted molar refractivity (Wildman–Crippen MR) is 86.5 cm³/mol. The van der Waals surface area contributed by atoms with Gasteiger partial charge in [0.15, 0.2) is 0 Å². The molecule has 2 unspecified atom stereocenters. The van der Waals surface area contributed by atoms with Crippen LogP contribution >= 0.6 is 0 Å². The fraction of sp³-hybridized carbons (Fsp3) is 0.556. The molecule has 0 aromatic heterocycles. The number of carbonyl (C=O) groups excluding carboxylic acids is 1. The molecule has 2 saturated heterocycles. The van der Waals surface area contributed by atoms with E-state index in [4.69, 9.17) is 0 Å². The fourth-order valence-electron chi connectivity index (χ4n) is 4.06. The SMILES string of the molecule is CCC(=O)N1CCCC1C1CCCN1c1cccc(F)c1C#N. The molecule has 1 amide bonds. The van der Waals surface area contributed by atoms with Gasteiger partial charge in [0, 0.05) is 25.6 Å². The highest BCUT2D eigenvalue weighted by molar-refractivity contribution is 5.76. The summed E-state index contributed by atoms with van der Waals surface area (Å²) >= 11 is 0. The highest BCUT2D eigenvalue weighted by atomic mass is 19.1. The number of nitrogens with zero attached hydrogens (tertiary/aromatic N) is 3. The molecule has 1 aromatic rings. The second kappa shape index (κ2) is 6.57. The molecule has 0 radical (unpaired) electrons. The van der Waals surface area contributed by atoms with E-state index in [1.807, 2.05) is 24.0 Å². The number of halogens is 1. The third kappa shape index (κ3) is 2.78. The molecular weight excluding hydrogens is 293 g/mol. The number of anilines is 1. The largest absolute Gasteiger partial charge is 0.365 e. The van der Waals surface area contributed by atoms with E-state index in [2.05, 4.69) is 4.90 Å². The smallest absolute Gasteiger partial charge is 0.222 e. The van der Waals surface area contributed by atoms with Gasteiger partial charge in [-0.05, 0) is 37.8 Å². The summed E-state index contributed by atoms with van der Waals surface area (Å²) in [4.78, 5) is 16.3. The number of hydrogen-bond donors (Lipinski definition) is 0. The number of amides is 1. The van der Waals surface area contributed by atoms with E-state index in [1.165, 1.54) is 6.07 Å². The third-order valence-electron chi connectivity index (χ3n) is 5.08. The number of nitriles is 1. The average molecular weight is 315 g/mol. The van der Waals surface area contributed by atoms with Crippen LogP contribution in [0.2, 0.25) is 0 Å². The van der Waals surface area contributed by atoms with Crippen molar-refractivity contribution in [3.63, 3.8) is 0 Å². The maximum absolute atomic E-state index is 14.0. The van der Waals surface area contributed by atoms with E-state index in [-0.39, 0.29) is 23.6 Å². The Kier molecular flexibility index (Phi) is 4.51. The summed E-state index contributed by atoms with van der Waals surface area (Å²) in [5.41, 5.74) is 0.788. The molecule has 0 N–H and O–H groups in total. The summed E-state index contributed by atoms with van der Waals surface area (Å²) in [6.45, 7) is 3.52. The molecule has 2 fully saturated rings. The zero-order valence-electron chi connectivity index (χ0n) is 13.5. The van der Waals surface area contributed by atoms with Crippen LogP contribution in [0.25, 0.3) is 0 Å². The maximum atomic E-state index is 14.0. The van der Waals surface area contributed by atoms with Crippen LogP contribution in [0.3, 0.4) is 0 Å². The lowest BCUT2D eigenvalue weighted by Crippen LogP contribution is -2.48. The molecule has 0 aliphatic carbocycles. The standard InChI is InChI=1S/C18H22FN3O/c1-2-18(23)22-11-5-9-17(22)16-8-4-10-21(16)15-7-3-6-14(19)13(15)12-20/h3,6-7,16-17H,2,4-5,8-11H2,1H3. The Balaban J connectivity index is 1.91. The summed E-state index contributed by atoms with van der Waals surface area (Å²) in [5.74, 6) is -0.275. The van der Waals surface area contributed by atoms with Crippen LogP contribution < -0.4 is 4.90 Å². The Morgan fingerprint density at radius 3 is 2.78 bits per heavy atom. The molecular formula is C18H22FN3O. The van der Waals surface area contributed by atoms with Gasteiger partial charge in [0.25, 0.3) is 0 Å². The van der Waals surface area contributed by atoms with Gasteiger partial charge in [-0.15, -0.1) is 0 Å². The van der Waals surface area contributed by atoms with Crippen molar-refractivity contribution in [3.05, 3.63) is 29.6 Å². The van der Waals surface area contributed by atoms with Gasteiger partial charge in [-0.1, -0.05) is 13.0 Å². The van der Waals surface area contributed by atoms with Gasteiger partial charge in [0.2, 0.25) is 5.91 Å². The van der Waals surface area contributed by atoms with Gasteiger partial charge in [-0.3, -0.25) is 4.79 Å². The van der Waals surface area contributed by atoms with E-state index < -0.39 is 5.82 Å². The molecule has 23 heavy (non-hydrogen) atoms.